The molecule has 0 fully saturated rings. The van der Waals surface area contributed by atoms with E-state index in [9.17, 15) is 4.57 Å². The molecule has 0 saturated carbocycles. The Bertz CT molecular complexity index is 862. The largest absolute Gasteiger partial charge is 0.469 e. The zero-order valence-corrected chi connectivity index (χ0v) is 41.8. The van der Waals surface area contributed by atoms with Crippen LogP contribution in [0, 0.1) is 0 Å². The first kappa shape index (κ1) is 59.4. The van der Waals surface area contributed by atoms with E-state index < -0.39 is 7.82 Å². The van der Waals surface area contributed by atoms with Crippen molar-refractivity contribution in [3.63, 3.8) is 0 Å². The molecule has 0 radical (unpaired) electrons. The molecule has 0 spiro atoms. The van der Waals surface area contributed by atoms with E-state index in [0.717, 1.165) is 25.8 Å². The molecule has 0 aromatic heterocycles. The van der Waals surface area contributed by atoms with E-state index in [4.69, 9.17) is 9.79 Å². The molecule has 2 N–H and O–H groups in total. The van der Waals surface area contributed by atoms with Crippen LogP contribution in [0.1, 0.15) is 309 Å². The van der Waals surface area contributed by atoms with Crippen molar-refractivity contribution in [3.05, 3.63) is 24.6 Å². The van der Waals surface area contributed by atoms with E-state index in [1.165, 1.54) is 276 Å². The van der Waals surface area contributed by atoms with Gasteiger partial charge >= 0.3 is 7.82 Å². The SMILES string of the molecule is CCCCCCCCCCCCCCCCC=CN(C=CCCCCCCCCCCCCCCCC)CCCCCCCCCCCCCCCCCCOP(=O)(O)O. The minimum absolute atomic E-state index is 0.164. The van der Waals surface area contributed by atoms with Gasteiger partial charge in [-0.1, -0.05) is 283 Å². The molecule has 0 aliphatic heterocycles. The predicted molar refractivity (Wildman–Crippen MR) is 267 cm³/mol. The monoisotopic (exact) mass is 866 g/mol. The van der Waals surface area contributed by atoms with Gasteiger partial charge in [-0.2, -0.15) is 0 Å². The fourth-order valence-electron chi connectivity index (χ4n) is 8.59. The lowest BCUT2D eigenvalue weighted by Crippen LogP contribution is -2.11. The van der Waals surface area contributed by atoms with E-state index >= 15 is 0 Å². The third-order valence-corrected chi connectivity index (χ3v) is 13.1. The van der Waals surface area contributed by atoms with Gasteiger partial charge in [-0.3, -0.25) is 4.52 Å². The lowest BCUT2D eigenvalue weighted by molar-refractivity contribution is 0.193. The van der Waals surface area contributed by atoms with Crippen LogP contribution in [0.3, 0.4) is 0 Å². The normalized spacial score (nSPS) is 12.2. The number of allylic oxidation sites excluding steroid dienone is 2. The Labute approximate surface area is 377 Å². The van der Waals surface area contributed by atoms with Crippen LogP contribution in [-0.2, 0) is 9.09 Å². The first-order valence-corrected chi connectivity index (χ1v) is 28.8. The summed E-state index contributed by atoms with van der Waals surface area (Å²) in [6, 6.07) is 0. The third-order valence-electron chi connectivity index (χ3n) is 12.6. The fourth-order valence-corrected chi connectivity index (χ4v) is 8.95. The van der Waals surface area contributed by atoms with Gasteiger partial charge < -0.3 is 14.7 Å². The van der Waals surface area contributed by atoms with Crippen molar-refractivity contribution in [2.45, 2.75) is 309 Å². The maximum absolute atomic E-state index is 10.7. The summed E-state index contributed by atoms with van der Waals surface area (Å²) < 4.78 is 15.2. The molecule has 0 heterocycles. The number of rotatable bonds is 52. The molecule has 0 aromatic rings. The summed E-state index contributed by atoms with van der Waals surface area (Å²) >= 11 is 0. The highest BCUT2D eigenvalue weighted by molar-refractivity contribution is 7.46. The van der Waals surface area contributed by atoms with E-state index in [0.29, 0.717) is 0 Å². The first-order valence-electron chi connectivity index (χ1n) is 27.3. The van der Waals surface area contributed by atoms with Crippen molar-refractivity contribution in [1.82, 2.24) is 4.90 Å². The molecule has 0 aliphatic carbocycles. The van der Waals surface area contributed by atoms with Gasteiger partial charge in [0.25, 0.3) is 0 Å². The van der Waals surface area contributed by atoms with Gasteiger partial charge in [-0.15, -0.1) is 0 Å². The fraction of sp³-hybridized carbons (Fsp3) is 0.926. The molecular weight excluding hydrogens is 758 g/mol. The minimum atomic E-state index is -4.29. The van der Waals surface area contributed by atoms with Crippen molar-refractivity contribution >= 4 is 7.82 Å². The number of nitrogens with zero attached hydrogens (tertiary/aromatic N) is 1. The standard InChI is InChI=1S/C54H108NO4P/c1-3-5-7-9-11-13-15-17-19-23-27-31-35-39-43-47-51-55(52-48-44-40-36-32-28-24-20-18-16-14-12-10-8-6-4-2)53-49-45-41-37-33-29-25-21-22-26-30-34-38-42-46-50-54-59-60(56,57)58/h47-48,51-52H,3-46,49-50,53-54H2,1-2H3,(H2,56,57,58). The molecule has 0 amide bonds. The van der Waals surface area contributed by atoms with Crippen LogP contribution < -0.4 is 0 Å². The summed E-state index contributed by atoms with van der Waals surface area (Å²) in [6.45, 7) is 5.94. The topological polar surface area (TPSA) is 70.0 Å². The van der Waals surface area contributed by atoms with Gasteiger partial charge in [0, 0.05) is 6.54 Å². The van der Waals surface area contributed by atoms with Crippen molar-refractivity contribution < 1.29 is 18.9 Å². The molecule has 6 heteroatoms. The number of hydrogen-bond acceptors (Lipinski definition) is 3. The molecule has 358 valence electrons. The highest BCUT2D eigenvalue weighted by Crippen LogP contribution is 2.35. The Balaban J connectivity index is 4.07. The lowest BCUT2D eigenvalue weighted by atomic mass is 10.0. The number of hydrogen-bond donors (Lipinski definition) is 2. The van der Waals surface area contributed by atoms with Gasteiger partial charge in [0.15, 0.2) is 0 Å². The molecule has 0 unspecified atom stereocenters. The summed E-state index contributed by atoms with van der Waals surface area (Å²) in [6.07, 6.45) is 72.5. The Morgan fingerprint density at radius 1 is 0.350 bits per heavy atom. The molecule has 0 aromatic carbocycles. The first-order chi connectivity index (χ1) is 29.5. The summed E-state index contributed by atoms with van der Waals surface area (Å²) in [4.78, 5) is 19.9. The summed E-state index contributed by atoms with van der Waals surface area (Å²) in [5, 5.41) is 0. The molecule has 60 heavy (non-hydrogen) atoms. The predicted octanol–water partition coefficient (Wildman–Crippen LogP) is 19.4. The molecule has 0 aliphatic rings. The Morgan fingerprint density at radius 2 is 0.583 bits per heavy atom. The van der Waals surface area contributed by atoms with Crippen LogP contribution in [0.5, 0.6) is 0 Å². The van der Waals surface area contributed by atoms with Crippen LogP contribution in [0.25, 0.3) is 0 Å². The zero-order chi connectivity index (χ0) is 43.6. The van der Waals surface area contributed by atoms with Gasteiger partial charge in [0.05, 0.1) is 6.61 Å². The van der Waals surface area contributed by atoms with Crippen LogP contribution in [-0.4, -0.2) is 27.8 Å². The van der Waals surface area contributed by atoms with Crippen LogP contribution in [0.2, 0.25) is 0 Å². The maximum Gasteiger partial charge on any atom is 0.469 e. The van der Waals surface area contributed by atoms with E-state index in [1.807, 2.05) is 0 Å². The van der Waals surface area contributed by atoms with E-state index in [-0.39, 0.29) is 6.61 Å². The van der Waals surface area contributed by atoms with Crippen molar-refractivity contribution in [2.24, 2.45) is 0 Å². The van der Waals surface area contributed by atoms with Gasteiger partial charge in [-0.05, 0) is 50.9 Å². The minimum Gasteiger partial charge on any atom is -0.355 e. The molecule has 0 atom stereocenters. The van der Waals surface area contributed by atoms with Crippen LogP contribution >= 0.6 is 7.82 Å². The number of phosphoric ester groups is 1. The van der Waals surface area contributed by atoms with E-state index in [1.54, 1.807) is 0 Å². The molecule has 5 nitrogen and oxygen atoms in total. The summed E-state index contributed by atoms with van der Waals surface area (Å²) in [7, 11) is -4.29. The van der Waals surface area contributed by atoms with Crippen LogP contribution in [0.15, 0.2) is 24.6 Å². The van der Waals surface area contributed by atoms with Crippen molar-refractivity contribution in [2.75, 3.05) is 13.2 Å². The van der Waals surface area contributed by atoms with E-state index in [2.05, 4.69) is 47.8 Å². The van der Waals surface area contributed by atoms with Gasteiger partial charge in [-0.25, -0.2) is 4.57 Å². The Kier molecular flexibility index (Phi) is 50.5. The highest BCUT2D eigenvalue weighted by Gasteiger charge is 2.12. The van der Waals surface area contributed by atoms with Crippen molar-refractivity contribution in [1.29, 1.82) is 0 Å². The molecule has 0 rings (SSSR count). The summed E-state index contributed by atoms with van der Waals surface area (Å²) in [5.74, 6) is 0. The second-order valence-corrected chi connectivity index (χ2v) is 20.0. The molecule has 0 bridgehead atoms. The summed E-state index contributed by atoms with van der Waals surface area (Å²) in [5.41, 5.74) is 0. The van der Waals surface area contributed by atoms with Crippen LogP contribution in [0.4, 0.5) is 0 Å². The molecular formula is C54H108NO4P. The second-order valence-electron chi connectivity index (χ2n) is 18.8. The Morgan fingerprint density at radius 3 is 0.850 bits per heavy atom. The number of phosphoric acid groups is 1. The van der Waals surface area contributed by atoms with Gasteiger partial charge in [0.1, 0.15) is 0 Å². The lowest BCUT2D eigenvalue weighted by Gasteiger charge is -2.15. The average Bonchev–Trinajstić information content (AvgIpc) is 3.23. The zero-order valence-electron chi connectivity index (χ0n) is 40.9. The quantitative estimate of drug-likeness (QED) is 0.0471. The number of unbranched alkanes of at least 4 members (excludes halogenated alkanes) is 43. The highest BCUT2D eigenvalue weighted by atomic mass is 31.2. The average molecular weight is 866 g/mol. The second kappa shape index (κ2) is 51.0. The Hall–Kier alpha value is -0.610. The molecule has 0 saturated heterocycles. The maximum atomic E-state index is 10.7. The third kappa shape index (κ3) is 53.5. The van der Waals surface area contributed by atoms with Gasteiger partial charge in [0.2, 0.25) is 0 Å². The smallest absolute Gasteiger partial charge is 0.355 e. The van der Waals surface area contributed by atoms with Crippen molar-refractivity contribution in [3.8, 4) is 0 Å².